The predicted molar refractivity (Wildman–Crippen MR) is 199 cm³/mol. The standard InChI is InChI=1S/C44H26N4O2/c1-5-15-31-27(11-1)39(35-19-9-21-37(47-35)43-45-23-25-49-43)28-12-2-6-16-32(28)41(31)42-33-17-7-3-13-29(33)40(30-14-4-8-18-34(30)42)36-20-10-22-38(48-36)44-46-24-26-50-44/h1-26H. The fourth-order valence-electron chi connectivity index (χ4n) is 7.43. The third-order valence-corrected chi connectivity index (χ3v) is 9.43. The molecule has 0 amide bonds. The van der Waals surface area contributed by atoms with Gasteiger partial charge in [0, 0.05) is 11.1 Å². The lowest BCUT2D eigenvalue weighted by Crippen LogP contribution is -1.96. The molecule has 10 aromatic rings. The number of rotatable bonds is 5. The Bertz CT molecular complexity index is 2560. The smallest absolute Gasteiger partial charge is 0.245 e. The van der Waals surface area contributed by atoms with E-state index in [2.05, 4.69) is 119 Å². The van der Waals surface area contributed by atoms with Crippen molar-refractivity contribution in [3.63, 3.8) is 0 Å². The Balaban J connectivity index is 1.32. The summed E-state index contributed by atoms with van der Waals surface area (Å²) in [6, 6.07) is 46.7. The summed E-state index contributed by atoms with van der Waals surface area (Å²) in [4.78, 5) is 18.9. The molecule has 4 aromatic heterocycles. The van der Waals surface area contributed by atoms with E-state index in [0.29, 0.717) is 23.2 Å². The lowest BCUT2D eigenvalue weighted by atomic mass is 9.82. The van der Waals surface area contributed by atoms with E-state index >= 15 is 0 Å². The van der Waals surface area contributed by atoms with Crippen LogP contribution in [0.25, 0.3) is 99.9 Å². The fourth-order valence-corrected chi connectivity index (χ4v) is 7.43. The van der Waals surface area contributed by atoms with Crippen molar-refractivity contribution < 1.29 is 8.83 Å². The molecule has 0 radical (unpaired) electrons. The topological polar surface area (TPSA) is 77.8 Å². The molecule has 6 nitrogen and oxygen atoms in total. The lowest BCUT2D eigenvalue weighted by molar-refractivity contribution is 0.572. The molecule has 0 saturated carbocycles. The van der Waals surface area contributed by atoms with Crippen LogP contribution in [0, 0.1) is 0 Å². The number of fused-ring (bicyclic) bond motifs is 4. The first-order valence-corrected chi connectivity index (χ1v) is 16.5. The molecule has 6 heteroatoms. The van der Waals surface area contributed by atoms with E-state index in [9.17, 15) is 0 Å². The summed E-state index contributed by atoms with van der Waals surface area (Å²) in [7, 11) is 0. The largest absolute Gasteiger partial charge is 0.443 e. The second kappa shape index (κ2) is 11.4. The number of oxazole rings is 2. The van der Waals surface area contributed by atoms with Gasteiger partial charge in [-0.3, -0.25) is 0 Å². The highest BCUT2D eigenvalue weighted by molar-refractivity contribution is 6.29. The van der Waals surface area contributed by atoms with Crippen LogP contribution < -0.4 is 0 Å². The molecule has 10 rings (SSSR count). The maximum atomic E-state index is 5.63. The first-order valence-electron chi connectivity index (χ1n) is 16.5. The van der Waals surface area contributed by atoms with Crippen LogP contribution in [0.4, 0.5) is 0 Å². The van der Waals surface area contributed by atoms with Gasteiger partial charge in [0.25, 0.3) is 0 Å². The zero-order valence-electron chi connectivity index (χ0n) is 26.6. The Morgan fingerprint density at radius 2 is 0.600 bits per heavy atom. The third-order valence-electron chi connectivity index (χ3n) is 9.43. The van der Waals surface area contributed by atoms with Gasteiger partial charge >= 0.3 is 0 Å². The Hall–Kier alpha value is -6.92. The van der Waals surface area contributed by atoms with Crippen LogP contribution in [0.2, 0.25) is 0 Å². The van der Waals surface area contributed by atoms with Crippen LogP contribution in [0.15, 0.2) is 167 Å². The number of benzene rings is 6. The molecule has 0 N–H and O–H groups in total. The summed E-state index contributed by atoms with van der Waals surface area (Å²) in [6.07, 6.45) is 6.44. The van der Waals surface area contributed by atoms with Crippen LogP contribution in [0.3, 0.4) is 0 Å². The molecule has 4 heterocycles. The van der Waals surface area contributed by atoms with Crippen molar-refractivity contribution in [2.45, 2.75) is 0 Å². The first kappa shape index (κ1) is 28.1. The summed E-state index contributed by atoms with van der Waals surface area (Å²) in [5.41, 5.74) is 7.63. The van der Waals surface area contributed by atoms with Crippen molar-refractivity contribution >= 4 is 43.1 Å². The summed E-state index contributed by atoms with van der Waals surface area (Å²) in [5.74, 6) is 0.992. The van der Waals surface area contributed by atoms with E-state index in [1.54, 1.807) is 24.9 Å². The SMILES string of the molecule is c1cc(-c2ncco2)nc(-c2c3ccccc3c(-c3c4ccccc4c(-c4cccc(-c5ncco5)n4)c4ccccc34)c3ccccc23)c1. The van der Waals surface area contributed by atoms with Crippen LogP contribution in [0.5, 0.6) is 0 Å². The van der Waals surface area contributed by atoms with Crippen molar-refractivity contribution in [3.05, 3.63) is 158 Å². The molecule has 234 valence electrons. The molecule has 0 atom stereocenters. The summed E-state index contributed by atoms with van der Waals surface area (Å²) >= 11 is 0. The third kappa shape index (κ3) is 4.36. The zero-order valence-corrected chi connectivity index (χ0v) is 26.6. The summed E-state index contributed by atoms with van der Waals surface area (Å²) in [6.45, 7) is 0. The Morgan fingerprint density at radius 1 is 0.300 bits per heavy atom. The van der Waals surface area contributed by atoms with Crippen molar-refractivity contribution in [1.82, 2.24) is 19.9 Å². The van der Waals surface area contributed by atoms with Crippen LogP contribution in [0.1, 0.15) is 0 Å². The van der Waals surface area contributed by atoms with Crippen molar-refractivity contribution in [1.29, 1.82) is 0 Å². The number of nitrogens with zero attached hydrogens (tertiary/aromatic N) is 4. The van der Waals surface area contributed by atoms with Gasteiger partial charge in [0.15, 0.2) is 0 Å². The molecule has 0 unspecified atom stereocenters. The second-order valence-electron chi connectivity index (χ2n) is 12.2. The summed E-state index contributed by atoms with van der Waals surface area (Å²) < 4.78 is 11.3. The minimum Gasteiger partial charge on any atom is -0.443 e. The van der Waals surface area contributed by atoms with Crippen LogP contribution >= 0.6 is 0 Å². The Labute approximate surface area is 286 Å². The number of pyridine rings is 2. The van der Waals surface area contributed by atoms with E-state index in [1.807, 2.05) is 24.3 Å². The van der Waals surface area contributed by atoms with E-state index in [-0.39, 0.29) is 0 Å². The fraction of sp³-hybridized carbons (Fsp3) is 0. The molecule has 0 aliphatic heterocycles. The molecule has 50 heavy (non-hydrogen) atoms. The van der Waals surface area contributed by atoms with Gasteiger partial charge in [-0.1, -0.05) is 109 Å². The van der Waals surface area contributed by atoms with Crippen molar-refractivity contribution in [2.24, 2.45) is 0 Å². The second-order valence-corrected chi connectivity index (χ2v) is 12.2. The van der Waals surface area contributed by atoms with Gasteiger partial charge in [0.2, 0.25) is 11.8 Å². The molecule has 0 bridgehead atoms. The number of hydrogen-bond donors (Lipinski definition) is 0. The van der Waals surface area contributed by atoms with Crippen molar-refractivity contribution in [2.75, 3.05) is 0 Å². The predicted octanol–water partition coefficient (Wildman–Crippen LogP) is 11.4. The molecule has 0 saturated heterocycles. The highest BCUT2D eigenvalue weighted by atomic mass is 16.3. The maximum absolute atomic E-state index is 5.63. The normalized spacial score (nSPS) is 11.6. The van der Waals surface area contributed by atoms with Gasteiger partial charge in [-0.05, 0) is 78.5 Å². The van der Waals surface area contributed by atoms with Crippen molar-refractivity contribution in [3.8, 4) is 56.8 Å². The quantitative estimate of drug-likeness (QED) is 0.174. The molecular formula is C44H26N4O2. The summed E-state index contributed by atoms with van der Waals surface area (Å²) in [5, 5.41) is 9.08. The van der Waals surface area contributed by atoms with Gasteiger partial charge in [-0.2, -0.15) is 0 Å². The molecule has 0 spiro atoms. The highest BCUT2D eigenvalue weighted by Crippen LogP contribution is 2.49. The Kier molecular flexibility index (Phi) is 6.39. The van der Waals surface area contributed by atoms with Gasteiger partial charge in [0.1, 0.15) is 23.9 Å². The minimum atomic E-state index is 0.496. The lowest BCUT2D eigenvalue weighted by Gasteiger charge is -2.21. The average Bonchev–Trinajstić information content (AvgIpc) is 3.93. The van der Waals surface area contributed by atoms with Gasteiger partial charge in [-0.15, -0.1) is 0 Å². The van der Waals surface area contributed by atoms with E-state index in [4.69, 9.17) is 18.8 Å². The maximum Gasteiger partial charge on any atom is 0.245 e. The van der Waals surface area contributed by atoms with Crippen LogP contribution in [-0.4, -0.2) is 19.9 Å². The highest BCUT2D eigenvalue weighted by Gasteiger charge is 2.23. The zero-order chi connectivity index (χ0) is 33.0. The number of aromatic nitrogens is 4. The van der Waals surface area contributed by atoms with E-state index in [0.717, 1.165) is 65.6 Å². The monoisotopic (exact) mass is 642 g/mol. The van der Waals surface area contributed by atoms with Gasteiger partial charge in [0.05, 0.1) is 23.8 Å². The van der Waals surface area contributed by atoms with Crippen LogP contribution in [-0.2, 0) is 0 Å². The minimum absolute atomic E-state index is 0.496. The average molecular weight is 643 g/mol. The molecule has 0 aliphatic carbocycles. The Morgan fingerprint density at radius 3 is 0.900 bits per heavy atom. The van der Waals surface area contributed by atoms with E-state index in [1.165, 1.54) is 11.1 Å². The molecule has 0 fully saturated rings. The van der Waals surface area contributed by atoms with E-state index < -0.39 is 0 Å². The molecule has 0 aliphatic rings. The number of hydrogen-bond acceptors (Lipinski definition) is 6. The molecule has 6 aromatic carbocycles. The van der Waals surface area contributed by atoms with Gasteiger partial charge < -0.3 is 8.83 Å². The van der Waals surface area contributed by atoms with Gasteiger partial charge in [-0.25, -0.2) is 19.9 Å². The molecular weight excluding hydrogens is 617 g/mol. The first-order chi connectivity index (χ1) is 24.8.